The molecule has 1 aliphatic heterocycles. The van der Waals surface area contributed by atoms with Gasteiger partial charge in [-0.2, -0.15) is 0 Å². The number of nitrogens with zero attached hydrogens (tertiary/aromatic N) is 1. The monoisotopic (exact) mass is 232 g/mol. The quantitative estimate of drug-likeness (QED) is 0.859. The van der Waals surface area contributed by atoms with Crippen molar-refractivity contribution in [2.45, 2.75) is 25.2 Å². The first kappa shape index (κ1) is 12.1. The van der Waals surface area contributed by atoms with E-state index < -0.39 is 0 Å². The fraction of sp³-hybridized carbons (Fsp3) is 0.500. The molecule has 1 fully saturated rings. The van der Waals surface area contributed by atoms with E-state index in [9.17, 15) is 4.79 Å². The van der Waals surface area contributed by atoms with Gasteiger partial charge in [0.15, 0.2) is 0 Å². The lowest BCUT2D eigenvalue weighted by molar-refractivity contribution is -0.117. The summed E-state index contributed by atoms with van der Waals surface area (Å²) in [5.74, 6) is 0.379. The molecule has 2 N–H and O–H groups in total. The Labute approximate surface area is 103 Å². The largest absolute Gasteiger partial charge is 0.369 e. The van der Waals surface area contributed by atoms with Gasteiger partial charge in [-0.1, -0.05) is 24.3 Å². The average molecular weight is 232 g/mol. The van der Waals surface area contributed by atoms with Crippen LogP contribution in [0.25, 0.3) is 0 Å². The summed E-state index contributed by atoms with van der Waals surface area (Å²) in [6.45, 7) is 2.31. The first-order valence-corrected chi connectivity index (χ1v) is 6.21. The van der Waals surface area contributed by atoms with Crippen LogP contribution < -0.4 is 5.73 Å². The molecule has 1 aliphatic rings. The van der Waals surface area contributed by atoms with Crippen molar-refractivity contribution in [3.05, 3.63) is 35.4 Å². The molecule has 0 bridgehead atoms. The minimum atomic E-state index is -0.259. The molecule has 0 aliphatic carbocycles. The molecule has 1 aromatic rings. The summed E-state index contributed by atoms with van der Waals surface area (Å²) in [5.41, 5.74) is 7.62. The molecule has 92 valence electrons. The van der Waals surface area contributed by atoms with E-state index in [4.69, 9.17) is 5.73 Å². The van der Waals surface area contributed by atoms with Gasteiger partial charge < -0.3 is 10.6 Å². The van der Waals surface area contributed by atoms with Crippen molar-refractivity contribution in [2.75, 3.05) is 20.1 Å². The Hall–Kier alpha value is -1.35. The molecule has 17 heavy (non-hydrogen) atoms. The summed E-state index contributed by atoms with van der Waals surface area (Å²) in [7, 11) is 2.17. The van der Waals surface area contributed by atoms with Gasteiger partial charge in [-0.25, -0.2) is 0 Å². The summed E-state index contributed by atoms with van der Waals surface area (Å²) in [4.78, 5) is 13.3. The molecule has 3 nitrogen and oxygen atoms in total. The fourth-order valence-corrected chi connectivity index (χ4v) is 2.50. The zero-order chi connectivity index (χ0) is 12.3. The van der Waals surface area contributed by atoms with Crippen LogP contribution in [0, 0.1) is 0 Å². The van der Waals surface area contributed by atoms with E-state index in [-0.39, 0.29) is 5.91 Å². The molecular weight excluding hydrogens is 212 g/mol. The lowest BCUT2D eigenvalue weighted by Crippen LogP contribution is -2.29. The number of carbonyl (C=O) groups excluding carboxylic acids is 1. The van der Waals surface area contributed by atoms with Crippen LogP contribution in [-0.4, -0.2) is 30.9 Å². The highest BCUT2D eigenvalue weighted by Gasteiger charge is 2.18. The topological polar surface area (TPSA) is 46.3 Å². The van der Waals surface area contributed by atoms with Crippen molar-refractivity contribution in [3.8, 4) is 0 Å². The van der Waals surface area contributed by atoms with Crippen LogP contribution in [0.2, 0.25) is 0 Å². The maximum absolute atomic E-state index is 10.9. The van der Waals surface area contributed by atoms with E-state index in [2.05, 4.69) is 24.1 Å². The van der Waals surface area contributed by atoms with Crippen LogP contribution in [0.5, 0.6) is 0 Å². The van der Waals surface area contributed by atoms with Crippen molar-refractivity contribution < 1.29 is 4.79 Å². The number of rotatable bonds is 3. The molecule has 1 aromatic carbocycles. The number of carbonyl (C=O) groups is 1. The van der Waals surface area contributed by atoms with Crippen molar-refractivity contribution in [2.24, 2.45) is 5.73 Å². The van der Waals surface area contributed by atoms with Crippen molar-refractivity contribution in [1.82, 2.24) is 4.90 Å². The third kappa shape index (κ3) is 3.30. The summed E-state index contributed by atoms with van der Waals surface area (Å²) >= 11 is 0. The zero-order valence-electron chi connectivity index (χ0n) is 10.4. The van der Waals surface area contributed by atoms with E-state index in [1.807, 2.05) is 12.1 Å². The summed E-state index contributed by atoms with van der Waals surface area (Å²) in [6.07, 6.45) is 2.76. The lowest BCUT2D eigenvalue weighted by atomic mass is 9.88. The molecule has 0 atom stereocenters. The first-order valence-electron chi connectivity index (χ1n) is 6.21. The van der Waals surface area contributed by atoms with Crippen molar-refractivity contribution in [1.29, 1.82) is 0 Å². The average Bonchev–Trinajstić information content (AvgIpc) is 2.29. The third-order valence-corrected chi connectivity index (χ3v) is 3.52. The maximum Gasteiger partial charge on any atom is 0.221 e. The maximum atomic E-state index is 10.9. The number of hydrogen-bond acceptors (Lipinski definition) is 2. The zero-order valence-corrected chi connectivity index (χ0v) is 10.4. The number of benzene rings is 1. The number of likely N-dealkylation sites (tertiary alicyclic amines) is 1. The van der Waals surface area contributed by atoms with Crippen LogP contribution in [0.3, 0.4) is 0 Å². The van der Waals surface area contributed by atoms with Gasteiger partial charge in [0.05, 0.1) is 6.42 Å². The Balaban J connectivity index is 2.07. The molecule has 0 radical (unpaired) electrons. The van der Waals surface area contributed by atoms with Crippen LogP contribution in [0.1, 0.15) is 29.9 Å². The Bertz CT molecular complexity index is 395. The Morgan fingerprint density at radius 3 is 2.76 bits per heavy atom. The molecular formula is C14H20N2O. The highest BCUT2D eigenvalue weighted by Crippen LogP contribution is 2.27. The van der Waals surface area contributed by atoms with Gasteiger partial charge in [-0.15, -0.1) is 0 Å². The number of primary amides is 1. The lowest BCUT2D eigenvalue weighted by Gasteiger charge is -2.29. The predicted molar refractivity (Wildman–Crippen MR) is 68.8 cm³/mol. The number of nitrogens with two attached hydrogens (primary N) is 1. The Kier molecular flexibility index (Phi) is 3.79. The van der Waals surface area contributed by atoms with Gasteiger partial charge in [-0.05, 0) is 50.0 Å². The smallest absolute Gasteiger partial charge is 0.221 e. The molecule has 1 heterocycles. The van der Waals surface area contributed by atoms with Crippen LogP contribution in [-0.2, 0) is 11.2 Å². The third-order valence-electron chi connectivity index (χ3n) is 3.52. The molecule has 0 aromatic heterocycles. The molecule has 3 heteroatoms. The first-order chi connectivity index (χ1) is 8.15. The Morgan fingerprint density at radius 1 is 1.41 bits per heavy atom. The summed E-state index contributed by atoms with van der Waals surface area (Å²) < 4.78 is 0. The van der Waals surface area contributed by atoms with E-state index in [0.29, 0.717) is 12.3 Å². The van der Waals surface area contributed by atoms with Gasteiger partial charge in [-0.3, -0.25) is 4.79 Å². The van der Waals surface area contributed by atoms with Crippen LogP contribution in [0.4, 0.5) is 0 Å². The SMILES string of the molecule is CN1CCC(c2cccc(CC(N)=O)c2)CC1. The molecule has 0 spiro atoms. The van der Waals surface area contributed by atoms with Gasteiger partial charge in [0.2, 0.25) is 5.91 Å². The number of piperidine rings is 1. The number of hydrogen-bond donors (Lipinski definition) is 1. The highest BCUT2D eigenvalue weighted by atomic mass is 16.1. The molecule has 0 saturated carbocycles. The second-order valence-electron chi connectivity index (χ2n) is 4.97. The molecule has 1 saturated heterocycles. The fourth-order valence-electron chi connectivity index (χ4n) is 2.50. The highest BCUT2D eigenvalue weighted by molar-refractivity contribution is 5.76. The van der Waals surface area contributed by atoms with Crippen molar-refractivity contribution >= 4 is 5.91 Å². The normalized spacial score (nSPS) is 18.2. The van der Waals surface area contributed by atoms with Gasteiger partial charge in [0.25, 0.3) is 0 Å². The second kappa shape index (κ2) is 5.32. The minimum absolute atomic E-state index is 0.259. The molecule has 1 amide bonds. The standard InChI is InChI=1S/C14H20N2O/c1-16-7-5-12(6-8-16)13-4-2-3-11(9-13)10-14(15)17/h2-4,9,12H,5-8,10H2,1H3,(H2,15,17). The second-order valence-corrected chi connectivity index (χ2v) is 4.97. The van der Waals surface area contributed by atoms with Crippen molar-refractivity contribution in [3.63, 3.8) is 0 Å². The predicted octanol–water partition coefficient (Wildman–Crippen LogP) is 1.52. The van der Waals surface area contributed by atoms with Crippen LogP contribution in [0.15, 0.2) is 24.3 Å². The van der Waals surface area contributed by atoms with E-state index >= 15 is 0 Å². The van der Waals surface area contributed by atoms with E-state index in [0.717, 1.165) is 18.7 Å². The Morgan fingerprint density at radius 2 is 2.12 bits per heavy atom. The van der Waals surface area contributed by atoms with E-state index in [1.165, 1.54) is 18.4 Å². The minimum Gasteiger partial charge on any atom is -0.369 e. The summed E-state index contributed by atoms with van der Waals surface area (Å²) in [6, 6.07) is 8.32. The van der Waals surface area contributed by atoms with Crippen LogP contribution >= 0.6 is 0 Å². The molecule has 0 unspecified atom stereocenters. The number of amides is 1. The molecule has 2 rings (SSSR count). The van der Waals surface area contributed by atoms with Gasteiger partial charge in [0, 0.05) is 0 Å². The van der Waals surface area contributed by atoms with Gasteiger partial charge >= 0.3 is 0 Å². The van der Waals surface area contributed by atoms with E-state index in [1.54, 1.807) is 0 Å². The summed E-state index contributed by atoms with van der Waals surface area (Å²) in [5, 5.41) is 0. The van der Waals surface area contributed by atoms with Gasteiger partial charge in [0.1, 0.15) is 0 Å².